The third-order valence-electron chi connectivity index (χ3n) is 2.93. The van der Waals surface area contributed by atoms with Gasteiger partial charge in [0, 0.05) is 12.1 Å². The molecule has 0 bridgehead atoms. The molecule has 1 aromatic heterocycles. The molecule has 6 nitrogen and oxygen atoms in total. The molecule has 0 spiro atoms. The number of aryl methyl sites for hydroxylation is 2. The van der Waals surface area contributed by atoms with Crippen LogP contribution >= 0.6 is 0 Å². The lowest BCUT2D eigenvalue weighted by atomic mass is 10.1. The fraction of sp³-hybridized carbons (Fsp3) is 0.429. The molecule has 6 heteroatoms. The maximum Gasteiger partial charge on any atom is 0.240 e. The zero-order chi connectivity index (χ0) is 14.5. The lowest BCUT2D eigenvalue weighted by molar-refractivity contribution is 0.168. The van der Waals surface area contributed by atoms with Gasteiger partial charge < -0.3 is 19.7 Å². The van der Waals surface area contributed by atoms with Crippen molar-refractivity contribution in [3.63, 3.8) is 0 Å². The largest absolute Gasteiger partial charge is 0.496 e. The second-order valence-electron chi connectivity index (χ2n) is 4.63. The first kappa shape index (κ1) is 14.5. The summed E-state index contributed by atoms with van der Waals surface area (Å²) in [5.41, 5.74) is 1.84. The van der Waals surface area contributed by atoms with Gasteiger partial charge in [-0.2, -0.15) is 4.98 Å². The van der Waals surface area contributed by atoms with Gasteiger partial charge >= 0.3 is 0 Å². The Balaban J connectivity index is 1.94. The van der Waals surface area contributed by atoms with Gasteiger partial charge in [-0.25, -0.2) is 0 Å². The maximum absolute atomic E-state index is 10.2. The van der Waals surface area contributed by atoms with Gasteiger partial charge in [-0.3, -0.25) is 0 Å². The molecular formula is C14H19N3O3. The molecule has 0 radical (unpaired) electrons. The molecule has 1 unspecified atom stereocenters. The Hall–Kier alpha value is -1.92. The van der Waals surface area contributed by atoms with E-state index >= 15 is 0 Å². The van der Waals surface area contributed by atoms with Crippen molar-refractivity contribution < 1.29 is 14.4 Å². The standard InChI is InChI=1S/C14H19N3O3/c1-9-4-5-13(19-3)11(6-9)12(18)7-15-8-14-16-10(2)17-20-14/h4-6,12,15,18H,7-8H2,1-3H3. The first-order valence-electron chi connectivity index (χ1n) is 6.42. The predicted molar refractivity (Wildman–Crippen MR) is 73.4 cm³/mol. The van der Waals surface area contributed by atoms with Crippen molar-refractivity contribution >= 4 is 0 Å². The maximum atomic E-state index is 10.2. The molecule has 1 heterocycles. The van der Waals surface area contributed by atoms with E-state index in [0.29, 0.717) is 30.6 Å². The average molecular weight is 277 g/mol. The van der Waals surface area contributed by atoms with Crippen molar-refractivity contribution in [3.8, 4) is 5.75 Å². The average Bonchev–Trinajstić information content (AvgIpc) is 2.84. The zero-order valence-electron chi connectivity index (χ0n) is 11.9. The van der Waals surface area contributed by atoms with Crippen LogP contribution < -0.4 is 10.1 Å². The Morgan fingerprint density at radius 3 is 2.85 bits per heavy atom. The van der Waals surface area contributed by atoms with E-state index in [1.54, 1.807) is 14.0 Å². The highest BCUT2D eigenvalue weighted by molar-refractivity contribution is 5.38. The summed E-state index contributed by atoms with van der Waals surface area (Å²) < 4.78 is 10.2. The molecule has 1 atom stereocenters. The molecule has 0 aliphatic heterocycles. The lowest BCUT2D eigenvalue weighted by Gasteiger charge is -2.15. The molecule has 2 aromatic rings. The molecular weight excluding hydrogens is 258 g/mol. The monoisotopic (exact) mass is 277 g/mol. The second-order valence-corrected chi connectivity index (χ2v) is 4.63. The predicted octanol–water partition coefficient (Wildman–Crippen LogP) is 1.52. The highest BCUT2D eigenvalue weighted by Gasteiger charge is 2.13. The zero-order valence-corrected chi connectivity index (χ0v) is 11.9. The van der Waals surface area contributed by atoms with E-state index < -0.39 is 6.10 Å². The Morgan fingerprint density at radius 1 is 1.40 bits per heavy atom. The summed E-state index contributed by atoms with van der Waals surface area (Å²) in [4.78, 5) is 4.08. The van der Waals surface area contributed by atoms with Crippen LogP contribution in [0.15, 0.2) is 22.7 Å². The number of nitrogens with zero attached hydrogens (tertiary/aromatic N) is 2. The number of aliphatic hydroxyl groups is 1. The third-order valence-corrected chi connectivity index (χ3v) is 2.93. The van der Waals surface area contributed by atoms with Gasteiger partial charge in [0.2, 0.25) is 5.89 Å². The molecule has 1 aromatic carbocycles. The first-order valence-corrected chi connectivity index (χ1v) is 6.42. The van der Waals surface area contributed by atoms with Crippen LogP contribution in [0.5, 0.6) is 5.75 Å². The lowest BCUT2D eigenvalue weighted by Crippen LogP contribution is -2.21. The molecule has 20 heavy (non-hydrogen) atoms. The molecule has 0 aliphatic rings. The first-order chi connectivity index (χ1) is 9.60. The minimum Gasteiger partial charge on any atom is -0.496 e. The molecule has 0 amide bonds. The van der Waals surface area contributed by atoms with Gasteiger partial charge in [-0.05, 0) is 26.0 Å². The summed E-state index contributed by atoms with van der Waals surface area (Å²) >= 11 is 0. The van der Waals surface area contributed by atoms with Crippen LogP contribution in [0.3, 0.4) is 0 Å². The van der Waals surface area contributed by atoms with Crippen molar-refractivity contribution in [3.05, 3.63) is 41.0 Å². The van der Waals surface area contributed by atoms with Crippen molar-refractivity contribution in [1.29, 1.82) is 0 Å². The smallest absolute Gasteiger partial charge is 0.240 e. The van der Waals surface area contributed by atoms with Crippen LogP contribution in [0.4, 0.5) is 0 Å². The summed E-state index contributed by atoms with van der Waals surface area (Å²) in [6.45, 7) is 4.54. The van der Waals surface area contributed by atoms with Crippen LogP contribution in [0.25, 0.3) is 0 Å². The molecule has 2 rings (SSSR count). The number of aliphatic hydroxyl groups excluding tert-OH is 1. The molecule has 2 N–H and O–H groups in total. The molecule has 0 fully saturated rings. The van der Waals surface area contributed by atoms with Gasteiger partial charge in [0.15, 0.2) is 5.82 Å². The number of benzene rings is 1. The Labute approximate surface area is 117 Å². The van der Waals surface area contributed by atoms with Gasteiger partial charge in [-0.1, -0.05) is 16.8 Å². The van der Waals surface area contributed by atoms with E-state index in [2.05, 4.69) is 15.5 Å². The van der Waals surface area contributed by atoms with Crippen LogP contribution in [0.1, 0.15) is 28.9 Å². The van der Waals surface area contributed by atoms with Crippen molar-refractivity contribution in [1.82, 2.24) is 15.5 Å². The summed E-state index contributed by atoms with van der Waals surface area (Å²) in [7, 11) is 1.59. The molecule has 0 saturated heterocycles. The van der Waals surface area contributed by atoms with Crippen molar-refractivity contribution in [2.75, 3.05) is 13.7 Å². The van der Waals surface area contributed by atoms with E-state index in [0.717, 1.165) is 11.1 Å². The molecule has 0 saturated carbocycles. The van der Waals surface area contributed by atoms with Gasteiger partial charge in [0.25, 0.3) is 0 Å². The summed E-state index contributed by atoms with van der Waals surface area (Å²) in [5, 5.41) is 17.0. The number of aromatic nitrogens is 2. The summed E-state index contributed by atoms with van der Waals surface area (Å²) in [5.74, 6) is 1.78. The Morgan fingerprint density at radius 2 is 2.20 bits per heavy atom. The van der Waals surface area contributed by atoms with Crippen LogP contribution in [0.2, 0.25) is 0 Å². The minimum atomic E-state index is -0.658. The third kappa shape index (κ3) is 3.55. The minimum absolute atomic E-state index is 0.376. The van der Waals surface area contributed by atoms with E-state index in [1.807, 2.05) is 25.1 Å². The summed E-state index contributed by atoms with van der Waals surface area (Å²) in [6.07, 6.45) is -0.658. The number of hydrogen-bond acceptors (Lipinski definition) is 6. The van der Waals surface area contributed by atoms with Crippen LogP contribution in [0, 0.1) is 13.8 Å². The van der Waals surface area contributed by atoms with Gasteiger partial charge in [0.05, 0.1) is 19.8 Å². The van der Waals surface area contributed by atoms with Crippen LogP contribution in [-0.2, 0) is 6.54 Å². The molecule has 108 valence electrons. The van der Waals surface area contributed by atoms with Crippen molar-refractivity contribution in [2.24, 2.45) is 0 Å². The van der Waals surface area contributed by atoms with Crippen molar-refractivity contribution in [2.45, 2.75) is 26.5 Å². The number of nitrogens with one attached hydrogen (secondary N) is 1. The fourth-order valence-electron chi connectivity index (χ4n) is 1.95. The Kier molecular flexibility index (Phi) is 4.70. The topological polar surface area (TPSA) is 80.4 Å². The van der Waals surface area contributed by atoms with E-state index in [1.165, 1.54) is 0 Å². The number of hydrogen-bond donors (Lipinski definition) is 2. The normalized spacial score (nSPS) is 12.4. The van der Waals surface area contributed by atoms with E-state index in [4.69, 9.17) is 9.26 Å². The Bertz CT molecular complexity index is 569. The van der Waals surface area contributed by atoms with E-state index in [9.17, 15) is 5.11 Å². The van der Waals surface area contributed by atoms with E-state index in [-0.39, 0.29) is 0 Å². The number of rotatable bonds is 6. The van der Waals surface area contributed by atoms with Gasteiger partial charge in [0.1, 0.15) is 5.75 Å². The fourth-order valence-corrected chi connectivity index (χ4v) is 1.95. The van der Waals surface area contributed by atoms with Gasteiger partial charge in [-0.15, -0.1) is 0 Å². The highest BCUT2D eigenvalue weighted by atomic mass is 16.5. The SMILES string of the molecule is COc1ccc(C)cc1C(O)CNCc1nc(C)no1. The number of ether oxygens (including phenoxy) is 1. The second kappa shape index (κ2) is 6.49. The highest BCUT2D eigenvalue weighted by Crippen LogP contribution is 2.25. The number of methoxy groups -OCH3 is 1. The van der Waals surface area contributed by atoms with Crippen LogP contribution in [-0.4, -0.2) is 28.9 Å². The quantitative estimate of drug-likeness (QED) is 0.833. The summed E-state index contributed by atoms with van der Waals surface area (Å²) in [6, 6.07) is 5.72. The molecule has 0 aliphatic carbocycles.